The third-order valence-corrected chi connectivity index (χ3v) is 7.91. The van der Waals surface area contributed by atoms with Crippen LogP contribution in [0.25, 0.3) is 0 Å². The fourth-order valence-electron chi connectivity index (χ4n) is 5.49. The average Bonchev–Trinajstić information content (AvgIpc) is 3.01. The van der Waals surface area contributed by atoms with Crippen molar-refractivity contribution in [2.75, 3.05) is 31.5 Å². The van der Waals surface area contributed by atoms with Gasteiger partial charge in [0.2, 0.25) is 0 Å². The van der Waals surface area contributed by atoms with Crippen LogP contribution in [0.15, 0.2) is 67.3 Å². The van der Waals surface area contributed by atoms with Crippen molar-refractivity contribution < 1.29 is 0 Å². The van der Waals surface area contributed by atoms with Crippen LogP contribution in [0.3, 0.4) is 0 Å². The number of nitrogens with zero attached hydrogens (tertiary/aromatic N) is 6. The first-order chi connectivity index (χ1) is 21.4. The number of unbranched alkanes of at least 4 members (excludes halogenated alkanes) is 2. The third kappa shape index (κ3) is 10.8. The molecule has 0 fully saturated rings. The Morgan fingerprint density at radius 1 is 0.636 bits per heavy atom. The highest BCUT2D eigenvalue weighted by Gasteiger charge is 2.14. The van der Waals surface area contributed by atoms with E-state index in [1.54, 1.807) is 0 Å². The maximum absolute atomic E-state index is 5.81. The number of nitrogens with two attached hydrogens (primary N) is 1. The molecule has 44 heavy (non-hydrogen) atoms. The van der Waals surface area contributed by atoms with Gasteiger partial charge in [0.15, 0.2) is 0 Å². The highest BCUT2D eigenvalue weighted by atomic mass is 15.1. The topological polar surface area (TPSA) is 96.1 Å². The van der Waals surface area contributed by atoms with Crippen molar-refractivity contribution in [1.29, 1.82) is 0 Å². The molecule has 4 heterocycles. The van der Waals surface area contributed by atoms with Gasteiger partial charge in [0.25, 0.3) is 0 Å². The molecule has 4 aromatic heterocycles. The Bertz CT molecular complexity index is 1430. The normalized spacial score (nSPS) is 11.4. The van der Waals surface area contributed by atoms with E-state index in [0.717, 1.165) is 100.0 Å². The van der Waals surface area contributed by atoms with Crippen molar-refractivity contribution >= 4 is 5.69 Å². The molecule has 4 aromatic rings. The molecule has 234 valence electrons. The Labute approximate surface area is 264 Å². The van der Waals surface area contributed by atoms with Crippen molar-refractivity contribution in [2.45, 2.75) is 79.6 Å². The minimum atomic E-state index is 0.715. The number of rotatable bonds is 18. The molecule has 0 radical (unpaired) electrons. The molecule has 0 aliphatic heterocycles. The van der Waals surface area contributed by atoms with Crippen LogP contribution >= 0.6 is 0 Å². The summed E-state index contributed by atoms with van der Waals surface area (Å²) in [6, 6.07) is 14.7. The fraction of sp³-hybridized carbons (Fsp3) is 0.444. The van der Waals surface area contributed by atoms with Crippen LogP contribution in [0, 0.1) is 27.7 Å². The van der Waals surface area contributed by atoms with Gasteiger partial charge in [-0.3, -0.25) is 29.7 Å². The van der Waals surface area contributed by atoms with Gasteiger partial charge in [-0.05, 0) is 120 Å². The van der Waals surface area contributed by atoms with Gasteiger partial charge in [-0.2, -0.15) is 0 Å². The van der Waals surface area contributed by atoms with Gasteiger partial charge in [-0.25, -0.2) is 0 Å². The Morgan fingerprint density at radius 3 is 1.86 bits per heavy atom. The van der Waals surface area contributed by atoms with E-state index >= 15 is 0 Å². The van der Waals surface area contributed by atoms with Gasteiger partial charge in [0.1, 0.15) is 0 Å². The van der Waals surface area contributed by atoms with E-state index in [2.05, 4.69) is 78.1 Å². The monoisotopic (exact) mass is 594 g/mol. The molecule has 0 saturated carbocycles. The number of hydrogen-bond acceptors (Lipinski definition) is 8. The van der Waals surface area contributed by atoms with Gasteiger partial charge in [-0.1, -0.05) is 18.2 Å². The Kier molecular flexibility index (Phi) is 13.2. The summed E-state index contributed by atoms with van der Waals surface area (Å²) in [4.78, 5) is 23.8. The van der Waals surface area contributed by atoms with Crippen molar-refractivity contribution in [3.63, 3.8) is 0 Å². The largest absolute Gasteiger partial charge is 0.384 e. The van der Waals surface area contributed by atoms with Crippen LogP contribution in [-0.4, -0.2) is 55.9 Å². The maximum atomic E-state index is 5.81. The molecule has 3 N–H and O–H groups in total. The van der Waals surface area contributed by atoms with Crippen LogP contribution in [-0.2, 0) is 26.2 Å². The minimum absolute atomic E-state index is 0.715. The van der Waals surface area contributed by atoms with Crippen LogP contribution in [0.2, 0.25) is 0 Å². The number of pyridine rings is 4. The van der Waals surface area contributed by atoms with Crippen molar-refractivity contribution in [1.82, 2.24) is 29.7 Å². The van der Waals surface area contributed by atoms with E-state index in [4.69, 9.17) is 20.7 Å². The first-order valence-electron chi connectivity index (χ1n) is 16.0. The Balaban J connectivity index is 1.34. The molecular formula is C36H50N8. The van der Waals surface area contributed by atoms with Crippen molar-refractivity contribution in [2.24, 2.45) is 5.73 Å². The molecule has 0 unspecified atom stereocenters. The van der Waals surface area contributed by atoms with Gasteiger partial charge < -0.3 is 11.1 Å². The van der Waals surface area contributed by atoms with Gasteiger partial charge in [-0.15, -0.1) is 0 Å². The minimum Gasteiger partial charge on any atom is -0.384 e. The molecule has 0 spiro atoms. The molecule has 0 aliphatic carbocycles. The van der Waals surface area contributed by atoms with E-state index in [1.807, 2.05) is 36.9 Å². The number of anilines is 1. The highest BCUT2D eigenvalue weighted by molar-refractivity contribution is 5.47. The van der Waals surface area contributed by atoms with E-state index in [0.29, 0.717) is 6.54 Å². The predicted molar refractivity (Wildman–Crippen MR) is 180 cm³/mol. The van der Waals surface area contributed by atoms with E-state index in [-0.39, 0.29) is 0 Å². The zero-order chi connectivity index (χ0) is 31.1. The predicted octanol–water partition coefficient (Wildman–Crippen LogP) is 6.14. The van der Waals surface area contributed by atoms with Crippen molar-refractivity contribution in [3.8, 4) is 0 Å². The quantitative estimate of drug-likeness (QED) is 0.133. The second kappa shape index (κ2) is 17.5. The first-order valence-corrected chi connectivity index (χ1v) is 16.0. The number of aromatic nitrogens is 4. The molecular weight excluding hydrogens is 544 g/mol. The van der Waals surface area contributed by atoms with Gasteiger partial charge >= 0.3 is 0 Å². The van der Waals surface area contributed by atoms with Crippen molar-refractivity contribution in [3.05, 3.63) is 112 Å². The lowest BCUT2D eigenvalue weighted by atomic mass is 10.1. The average molecular weight is 595 g/mol. The molecule has 0 aromatic carbocycles. The Hall–Kier alpha value is -3.72. The smallest absolute Gasteiger partial charge is 0.0774 e. The van der Waals surface area contributed by atoms with Gasteiger partial charge in [0.05, 0.1) is 28.5 Å². The zero-order valence-electron chi connectivity index (χ0n) is 27.1. The van der Waals surface area contributed by atoms with Crippen LogP contribution in [0.1, 0.15) is 70.7 Å². The van der Waals surface area contributed by atoms with Gasteiger partial charge in [0, 0.05) is 57.5 Å². The summed E-state index contributed by atoms with van der Waals surface area (Å²) < 4.78 is 0. The molecule has 0 bridgehead atoms. The molecule has 0 saturated heterocycles. The molecule has 0 amide bonds. The molecule has 4 rings (SSSR count). The molecule has 8 nitrogen and oxygen atoms in total. The standard InChI is InChI=1S/C36H50N8/c1-28-20-30(3)34(41-22-28)25-43(24-32-12-5-7-15-38-32)19-10-8-16-39-33-13-11-17-40-36(33)27-44(18-9-6-14-37)26-35-31(4)21-29(2)23-42-35/h5,7,11-13,15,17,20-23,39H,6,8-10,14,16,18-19,24-27,37H2,1-4H3. The molecule has 0 aliphatic rings. The summed E-state index contributed by atoms with van der Waals surface area (Å²) in [5.41, 5.74) is 16.2. The summed E-state index contributed by atoms with van der Waals surface area (Å²) in [5, 5.41) is 3.69. The Morgan fingerprint density at radius 2 is 1.25 bits per heavy atom. The van der Waals surface area contributed by atoms with E-state index < -0.39 is 0 Å². The second-order valence-corrected chi connectivity index (χ2v) is 11.9. The molecule has 8 heteroatoms. The lowest BCUT2D eigenvalue weighted by Gasteiger charge is -2.24. The lowest BCUT2D eigenvalue weighted by Crippen LogP contribution is -2.27. The number of aryl methyl sites for hydroxylation is 4. The van der Waals surface area contributed by atoms with Crippen LogP contribution in [0.5, 0.6) is 0 Å². The number of nitrogens with one attached hydrogen (secondary N) is 1. The van der Waals surface area contributed by atoms with E-state index in [9.17, 15) is 0 Å². The molecule has 0 atom stereocenters. The first kappa shape index (κ1) is 33.2. The maximum Gasteiger partial charge on any atom is 0.0774 e. The summed E-state index contributed by atoms with van der Waals surface area (Å²) >= 11 is 0. The summed E-state index contributed by atoms with van der Waals surface area (Å²) in [6.07, 6.45) is 11.9. The third-order valence-electron chi connectivity index (χ3n) is 7.91. The summed E-state index contributed by atoms with van der Waals surface area (Å²) in [6.45, 7) is 15.2. The highest BCUT2D eigenvalue weighted by Crippen LogP contribution is 2.19. The SMILES string of the molecule is Cc1cnc(CN(CCCCNc2cccnc2CN(CCCCN)Cc2ncc(C)cc2C)Cc2ccccn2)c(C)c1. The zero-order valence-corrected chi connectivity index (χ0v) is 27.1. The van der Waals surface area contributed by atoms with Crippen LogP contribution < -0.4 is 11.1 Å². The second-order valence-electron chi connectivity index (χ2n) is 11.9. The summed E-state index contributed by atoms with van der Waals surface area (Å²) in [5.74, 6) is 0. The lowest BCUT2D eigenvalue weighted by molar-refractivity contribution is 0.245. The fourth-order valence-corrected chi connectivity index (χ4v) is 5.49. The van der Waals surface area contributed by atoms with Crippen LogP contribution in [0.4, 0.5) is 5.69 Å². The summed E-state index contributed by atoms with van der Waals surface area (Å²) in [7, 11) is 0. The number of hydrogen-bond donors (Lipinski definition) is 2. The van der Waals surface area contributed by atoms with E-state index in [1.165, 1.54) is 22.3 Å².